The van der Waals surface area contributed by atoms with Crippen LogP contribution in [-0.4, -0.2) is 16.5 Å². The summed E-state index contributed by atoms with van der Waals surface area (Å²) >= 11 is 1.60. The van der Waals surface area contributed by atoms with E-state index in [1.807, 2.05) is 18.4 Å². The molecule has 0 spiro atoms. The van der Waals surface area contributed by atoms with E-state index in [4.69, 9.17) is 0 Å². The van der Waals surface area contributed by atoms with Crippen LogP contribution in [0, 0.1) is 0 Å². The Hall–Kier alpha value is -1.87. The minimum atomic E-state index is 0.915. The molecule has 0 N–H and O–H groups in total. The first-order valence-electron chi connectivity index (χ1n) is 5.74. The fraction of sp³-hybridized carbons (Fsp3) is 0.0667. The Bertz CT molecular complexity index is 677. The van der Waals surface area contributed by atoms with Crippen LogP contribution >= 0.6 is 11.8 Å². The average molecular weight is 252 g/mol. The number of rotatable bonds is 2. The molecule has 1 heterocycles. The summed E-state index contributed by atoms with van der Waals surface area (Å²) in [6, 6.07) is 18.7. The molecule has 0 aliphatic heterocycles. The second-order valence-corrected chi connectivity index (χ2v) is 4.85. The van der Waals surface area contributed by atoms with Gasteiger partial charge in [0.25, 0.3) is 0 Å². The van der Waals surface area contributed by atoms with Gasteiger partial charge in [-0.15, -0.1) is 22.0 Å². The van der Waals surface area contributed by atoms with E-state index in [-0.39, 0.29) is 0 Å². The van der Waals surface area contributed by atoms with Gasteiger partial charge in [0.15, 0.2) is 0 Å². The Kier molecular flexibility index (Phi) is 2.99. The molecule has 0 atom stereocenters. The number of benzene rings is 2. The summed E-state index contributed by atoms with van der Waals surface area (Å²) in [6.45, 7) is 0. The van der Waals surface area contributed by atoms with Gasteiger partial charge in [-0.1, -0.05) is 36.4 Å². The molecule has 2 aromatic carbocycles. The van der Waals surface area contributed by atoms with Gasteiger partial charge in [-0.3, -0.25) is 0 Å². The van der Waals surface area contributed by atoms with Gasteiger partial charge >= 0.3 is 0 Å². The fourth-order valence-corrected chi connectivity index (χ4v) is 2.26. The van der Waals surface area contributed by atoms with Crippen LogP contribution in [0.3, 0.4) is 0 Å². The topological polar surface area (TPSA) is 25.8 Å². The van der Waals surface area contributed by atoms with Crippen LogP contribution in [0.1, 0.15) is 0 Å². The molecule has 0 bridgehead atoms. The number of nitrogens with zero attached hydrogens (tertiary/aromatic N) is 2. The molecule has 18 heavy (non-hydrogen) atoms. The van der Waals surface area contributed by atoms with Gasteiger partial charge in [-0.2, -0.15) is 0 Å². The molecule has 0 saturated carbocycles. The molecule has 0 amide bonds. The third kappa shape index (κ3) is 2.09. The van der Waals surface area contributed by atoms with Crippen LogP contribution in [0.15, 0.2) is 59.6 Å². The lowest BCUT2D eigenvalue weighted by Crippen LogP contribution is -1.88. The number of fused-ring (bicyclic) bond motifs is 1. The fourth-order valence-electron chi connectivity index (χ4n) is 1.93. The Morgan fingerprint density at radius 2 is 1.67 bits per heavy atom. The first-order chi connectivity index (χ1) is 8.86. The van der Waals surface area contributed by atoms with Crippen molar-refractivity contribution in [2.24, 2.45) is 0 Å². The van der Waals surface area contributed by atoms with Crippen LogP contribution in [0.5, 0.6) is 0 Å². The highest BCUT2D eigenvalue weighted by Gasteiger charge is 2.02. The van der Waals surface area contributed by atoms with Crippen molar-refractivity contribution in [3.8, 4) is 11.3 Å². The lowest BCUT2D eigenvalue weighted by molar-refractivity contribution is 0.938. The maximum absolute atomic E-state index is 4.26. The van der Waals surface area contributed by atoms with Crippen LogP contribution < -0.4 is 0 Å². The molecule has 0 aliphatic carbocycles. The van der Waals surface area contributed by atoms with Crippen LogP contribution in [-0.2, 0) is 0 Å². The molecular formula is C15H12N2S. The second kappa shape index (κ2) is 4.78. The minimum Gasteiger partial charge on any atom is -0.149 e. The Morgan fingerprint density at radius 1 is 0.833 bits per heavy atom. The number of aromatic nitrogens is 2. The van der Waals surface area contributed by atoms with E-state index in [0.29, 0.717) is 0 Å². The van der Waals surface area contributed by atoms with Crippen molar-refractivity contribution in [2.45, 2.75) is 5.03 Å². The van der Waals surface area contributed by atoms with Gasteiger partial charge in [0, 0.05) is 5.56 Å². The highest BCUT2D eigenvalue weighted by atomic mass is 32.2. The molecule has 3 rings (SSSR count). The maximum atomic E-state index is 4.26. The normalized spacial score (nSPS) is 10.7. The smallest absolute Gasteiger partial charge is 0.119 e. The maximum Gasteiger partial charge on any atom is 0.119 e. The van der Waals surface area contributed by atoms with Crippen LogP contribution in [0.25, 0.3) is 22.0 Å². The minimum absolute atomic E-state index is 0.915. The standard InChI is InChI=1S/C15H12N2S/c1-18-15-9-8-14(16-17-15)13-7-6-11-4-2-3-5-12(11)10-13/h2-10H,1H3. The summed E-state index contributed by atoms with van der Waals surface area (Å²) in [5.74, 6) is 0. The number of hydrogen-bond acceptors (Lipinski definition) is 3. The first kappa shape index (κ1) is 11.2. The third-order valence-electron chi connectivity index (χ3n) is 2.89. The molecule has 3 aromatic rings. The van der Waals surface area contributed by atoms with E-state index >= 15 is 0 Å². The predicted molar refractivity (Wildman–Crippen MR) is 76.8 cm³/mol. The van der Waals surface area contributed by atoms with Gasteiger partial charge in [0.2, 0.25) is 0 Å². The van der Waals surface area contributed by atoms with E-state index < -0.39 is 0 Å². The summed E-state index contributed by atoms with van der Waals surface area (Å²) in [7, 11) is 0. The molecule has 0 saturated heterocycles. The quantitative estimate of drug-likeness (QED) is 0.644. The molecule has 3 heteroatoms. The molecule has 88 valence electrons. The highest BCUT2D eigenvalue weighted by molar-refractivity contribution is 7.98. The summed E-state index contributed by atoms with van der Waals surface area (Å²) < 4.78 is 0. The van der Waals surface area contributed by atoms with Gasteiger partial charge < -0.3 is 0 Å². The number of thioether (sulfide) groups is 1. The molecule has 0 fully saturated rings. The van der Waals surface area contributed by atoms with Crippen molar-refractivity contribution in [1.82, 2.24) is 10.2 Å². The molecule has 0 unspecified atom stereocenters. The van der Waals surface area contributed by atoms with Crippen molar-refractivity contribution >= 4 is 22.5 Å². The molecular weight excluding hydrogens is 240 g/mol. The summed E-state index contributed by atoms with van der Waals surface area (Å²) in [6.07, 6.45) is 2.00. The highest BCUT2D eigenvalue weighted by Crippen LogP contribution is 2.23. The molecule has 0 aliphatic rings. The zero-order valence-corrected chi connectivity index (χ0v) is 10.8. The molecule has 2 nitrogen and oxygen atoms in total. The average Bonchev–Trinajstić information content (AvgIpc) is 2.47. The predicted octanol–water partition coefficient (Wildman–Crippen LogP) is 4.02. The van der Waals surface area contributed by atoms with Gasteiger partial charge in [0.1, 0.15) is 5.03 Å². The Balaban J connectivity index is 2.07. The van der Waals surface area contributed by atoms with Crippen LogP contribution in [0.4, 0.5) is 0 Å². The third-order valence-corrected chi connectivity index (χ3v) is 3.53. The van der Waals surface area contributed by atoms with Gasteiger partial charge in [-0.25, -0.2) is 0 Å². The van der Waals surface area contributed by atoms with Crippen LogP contribution in [0.2, 0.25) is 0 Å². The van der Waals surface area contributed by atoms with E-state index in [1.165, 1.54) is 10.8 Å². The van der Waals surface area contributed by atoms with Crippen molar-refractivity contribution in [1.29, 1.82) is 0 Å². The van der Waals surface area contributed by atoms with Crippen molar-refractivity contribution < 1.29 is 0 Å². The summed E-state index contributed by atoms with van der Waals surface area (Å²) in [5, 5.41) is 11.8. The summed E-state index contributed by atoms with van der Waals surface area (Å²) in [5.41, 5.74) is 2.02. The number of hydrogen-bond donors (Lipinski definition) is 0. The monoisotopic (exact) mass is 252 g/mol. The van der Waals surface area contributed by atoms with E-state index in [9.17, 15) is 0 Å². The molecule has 0 radical (unpaired) electrons. The SMILES string of the molecule is CSc1ccc(-c2ccc3ccccc3c2)nn1. The lowest BCUT2D eigenvalue weighted by atomic mass is 10.1. The summed E-state index contributed by atoms with van der Waals surface area (Å²) in [4.78, 5) is 0. The zero-order chi connectivity index (χ0) is 12.4. The van der Waals surface area contributed by atoms with Crippen molar-refractivity contribution in [3.63, 3.8) is 0 Å². The van der Waals surface area contributed by atoms with Crippen molar-refractivity contribution in [2.75, 3.05) is 6.26 Å². The Morgan fingerprint density at radius 3 is 2.39 bits per heavy atom. The largest absolute Gasteiger partial charge is 0.149 e. The van der Waals surface area contributed by atoms with Gasteiger partial charge in [-0.05, 0) is 35.2 Å². The first-order valence-corrected chi connectivity index (χ1v) is 6.96. The zero-order valence-electron chi connectivity index (χ0n) is 10.00. The Labute approximate surface area is 110 Å². The van der Waals surface area contributed by atoms with E-state index in [2.05, 4.69) is 52.7 Å². The van der Waals surface area contributed by atoms with Gasteiger partial charge in [0.05, 0.1) is 5.69 Å². The van der Waals surface area contributed by atoms with Crippen molar-refractivity contribution in [3.05, 3.63) is 54.6 Å². The second-order valence-electron chi connectivity index (χ2n) is 4.02. The van der Waals surface area contributed by atoms with E-state index in [1.54, 1.807) is 11.8 Å². The lowest BCUT2D eigenvalue weighted by Gasteiger charge is -2.03. The molecule has 1 aromatic heterocycles. The van der Waals surface area contributed by atoms with E-state index in [0.717, 1.165) is 16.3 Å².